The van der Waals surface area contributed by atoms with Crippen molar-refractivity contribution in [3.05, 3.63) is 87.4 Å². The second-order valence-electron chi connectivity index (χ2n) is 13.8. The predicted molar refractivity (Wildman–Crippen MR) is 178 cm³/mol. The quantitative estimate of drug-likeness (QED) is 0.280. The maximum absolute atomic E-state index is 14.6. The molecule has 11 heteroatoms. The maximum atomic E-state index is 14.6. The zero-order chi connectivity index (χ0) is 32.5. The fraction of sp³-hybridized carbons (Fsp3) is 0.556. The van der Waals surface area contributed by atoms with Crippen LogP contribution >= 0.6 is 11.6 Å². The number of hydrogen-bond acceptors (Lipinski definition) is 6. The molecule has 10 nitrogen and oxygen atoms in total. The lowest BCUT2D eigenvalue weighted by atomic mass is 9.94. The number of piperidine rings is 1. The summed E-state index contributed by atoms with van der Waals surface area (Å²) in [6.45, 7) is 5.23. The van der Waals surface area contributed by atoms with Crippen LogP contribution in [0.4, 0.5) is 4.79 Å². The Morgan fingerprint density at radius 2 is 1.85 bits per heavy atom. The van der Waals surface area contributed by atoms with Gasteiger partial charge in [0.1, 0.15) is 18.2 Å². The molecule has 2 aliphatic heterocycles. The van der Waals surface area contributed by atoms with Gasteiger partial charge in [0.25, 0.3) is 0 Å². The third kappa shape index (κ3) is 6.85. The van der Waals surface area contributed by atoms with E-state index in [1.165, 1.54) is 0 Å². The molecular weight excluding hydrogens is 616 g/mol. The highest BCUT2D eigenvalue weighted by molar-refractivity contribution is 6.30. The molecule has 2 aliphatic carbocycles. The van der Waals surface area contributed by atoms with Gasteiger partial charge in [0.2, 0.25) is 11.6 Å². The van der Waals surface area contributed by atoms with Gasteiger partial charge in [-0.1, -0.05) is 24.1 Å². The van der Waals surface area contributed by atoms with E-state index in [1.54, 1.807) is 17.2 Å². The summed E-state index contributed by atoms with van der Waals surface area (Å²) in [5.41, 5.74) is 4.80. The lowest BCUT2D eigenvalue weighted by Crippen LogP contribution is -2.63. The van der Waals surface area contributed by atoms with Crippen molar-refractivity contribution in [3.8, 4) is 0 Å². The van der Waals surface area contributed by atoms with E-state index in [1.807, 2.05) is 48.6 Å². The van der Waals surface area contributed by atoms with Crippen LogP contribution in [-0.4, -0.2) is 81.1 Å². The standard InChI is InChI=1S/C36H45ClN6O4/c1-25-20-39(24-38-25)21-26-7-5-15-41(22-26)35(44)32-23-40(17-18-42(32)36(45)47-30-9-3-2-4-10-30)34-31-14-13-29(37)19-28(31)12-11-27-8-6-16-43(46)33(27)34/h6,8,13-14,16,19-20,24,26,30,32,34H,2-5,7,9-12,15,17-18,21-23H2,1H3/t26-,32+,34-/m0/s1. The van der Waals surface area contributed by atoms with E-state index in [0.29, 0.717) is 49.4 Å². The summed E-state index contributed by atoms with van der Waals surface area (Å²) in [6, 6.07) is 8.64. The summed E-state index contributed by atoms with van der Waals surface area (Å²) < 4.78 is 9.16. The number of hydrogen-bond donors (Lipinski definition) is 0. The normalized spacial score (nSPS) is 23.9. The molecule has 4 aliphatic rings. The monoisotopic (exact) mass is 660 g/mol. The first-order valence-electron chi connectivity index (χ1n) is 17.3. The average molecular weight is 661 g/mol. The van der Waals surface area contributed by atoms with Crippen LogP contribution in [0.25, 0.3) is 0 Å². The topological polar surface area (TPSA) is 97.9 Å². The molecule has 2 aromatic heterocycles. The number of ether oxygens (including phenoxy) is 1. The molecule has 2 saturated heterocycles. The minimum atomic E-state index is -0.722. The van der Waals surface area contributed by atoms with Gasteiger partial charge in [-0.3, -0.25) is 14.6 Å². The number of fused-ring (bicyclic) bond motifs is 2. The molecule has 250 valence electrons. The second kappa shape index (κ2) is 13.8. The van der Waals surface area contributed by atoms with Crippen LogP contribution in [0.3, 0.4) is 0 Å². The fourth-order valence-corrected chi connectivity index (χ4v) is 8.45. The number of piperazine rings is 1. The number of aromatic nitrogens is 3. The fourth-order valence-electron chi connectivity index (χ4n) is 8.25. The minimum Gasteiger partial charge on any atom is -0.618 e. The van der Waals surface area contributed by atoms with Crippen LogP contribution in [-0.2, 0) is 28.9 Å². The Balaban J connectivity index is 1.19. The first-order chi connectivity index (χ1) is 22.8. The van der Waals surface area contributed by atoms with Crippen molar-refractivity contribution in [1.29, 1.82) is 0 Å². The Hall–Kier alpha value is -3.63. The molecule has 1 aromatic carbocycles. The highest BCUT2D eigenvalue weighted by Crippen LogP contribution is 2.38. The van der Waals surface area contributed by atoms with Crippen LogP contribution in [0.15, 0.2) is 49.1 Å². The largest absolute Gasteiger partial charge is 0.618 e. The van der Waals surface area contributed by atoms with Gasteiger partial charge >= 0.3 is 6.09 Å². The molecule has 0 bridgehead atoms. The summed E-state index contributed by atoms with van der Waals surface area (Å²) in [7, 11) is 0. The number of nitrogens with zero attached hydrogens (tertiary/aromatic N) is 6. The van der Waals surface area contributed by atoms with Crippen molar-refractivity contribution < 1.29 is 19.1 Å². The molecule has 3 aromatic rings. The molecular formula is C36H45ClN6O4. The number of carbonyl (C=O) groups is 2. The van der Waals surface area contributed by atoms with Crippen molar-refractivity contribution in [2.24, 2.45) is 5.92 Å². The molecule has 0 unspecified atom stereocenters. The molecule has 0 N–H and O–H groups in total. The molecule has 3 atom stereocenters. The number of imidazole rings is 1. The van der Waals surface area contributed by atoms with Crippen LogP contribution in [0.2, 0.25) is 5.02 Å². The molecule has 7 rings (SSSR count). The van der Waals surface area contributed by atoms with Crippen LogP contribution in [0, 0.1) is 18.0 Å². The summed E-state index contributed by atoms with van der Waals surface area (Å²) in [6.07, 6.45) is 13.4. The first kappa shape index (κ1) is 31.9. The lowest BCUT2D eigenvalue weighted by Gasteiger charge is -2.45. The second-order valence-corrected chi connectivity index (χ2v) is 14.3. The molecule has 1 saturated carbocycles. The predicted octanol–water partition coefficient (Wildman–Crippen LogP) is 5.06. The zero-order valence-corrected chi connectivity index (χ0v) is 28.0. The van der Waals surface area contributed by atoms with Crippen LogP contribution < -0.4 is 4.73 Å². The number of rotatable bonds is 5. The zero-order valence-electron chi connectivity index (χ0n) is 27.2. The van der Waals surface area contributed by atoms with Crippen molar-refractivity contribution in [1.82, 2.24) is 24.3 Å². The van der Waals surface area contributed by atoms with Crippen LogP contribution in [0.1, 0.15) is 79.1 Å². The highest BCUT2D eigenvalue weighted by atomic mass is 35.5. The molecule has 47 heavy (non-hydrogen) atoms. The Morgan fingerprint density at radius 3 is 2.66 bits per heavy atom. The molecule has 3 fully saturated rings. The van der Waals surface area contributed by atoms with Gasteiger partial charge in [-0.05, 0) is 93.5 Å². The van der Waals surface area contributed by atoms with E-state index in [-0.39, 0.29) is 18.1 Å². The number of likely N-dealkylation sites (tertiary alicyclic amines) is 1. The lowest BCUT2D eigenvalue weighted by molar-refractivity contribution is -0.617. The average Bonchev–Trinajstić information content (AvgIpc) is 3.41. The summed E-state index contributed by atoms with van der Waals surface area (Å²) in [5.74, 6) is 0.253. The number of benzene rings is 1. The molecule has 2 amide bonds. The van der Waals surface area contributed by atoms with Gasteiger partial charge in [-0.25, -0.2) is 9.78 Å². The number of halogens is 1. The van der Waals surface area contributed by atoms with Crippen molar-refractivity contribution in [2.45, 2.75) is 89.4 Å². The molecule has 0 spiro atoms. The van der Waals surface area contributed by atoms with Crippen molar-refractivity contribution in [2.75, 3.05) is 32.7 Å². The van der Waals surface area contributed by atoms with Crippen molar-refractivity contribution in [3.63, 3.8) is 0 Å². The Kier molecular flexibility index (Phi) is 9.41. The highest BCUT2D eigenvalue weighted by Gasteiger charge is 2.45. The van der Waals surface area contributed by atoms with E-state index in [0.717, 1.165) is 91.4 Å². The molecule has 4 heterocycles. The van der Waals surface area contributed by atoms with Gasteiger partial charge < -0.3 is 19.4 Å². The van der Waals surface area contributed by atoms with Gasteiger partial charge in [-0.15, -0.1) is 0 Å². The Labute approximate surface area is 281 Å². The van der Waals surface area contributed by atoms with E-state index in [2.05, 4.69) is 14.5 Å². The smallest absolute Gasteiger partial charge is 0.410 e. The maximum Gasteiger partial charge on any atom is 0.410 e. The number of pyridine rings is 1. The Bertz CT molecular complexity index is 1610. The molecule has 0 radical (unpaired) electrons. The first-order valence-corrected chi connectivity index (χ1v) is 17.7. The number of aryl methyl sites for hydroxylation is 3. The SMILES string of the molecule is Cc1cn(C[C@@H]2CCCN(C(=O)[C@H]3CN([C@H]4c5ccc(Cl)cc5CCc5ccc[n+]([O-])c54)CCN3C(=O)OC3CCCCC3)C2)cn1. The summed E-state index contributed by atoms with van der Waals surface area (Å²) in [4.78, 5) is 38.7. The van der Waals surface area contributed by atoms with E-state index in [9.17, 15) is 14.8 Å². The minimum absolute atomic E-state index is 0.0463. The Morgan fingerprint density at radius 1 is 1.02 bits per heavy atom. The van der Waals surface area contributed by atoms with Crippen molar-refractivity contribution >= 4 is 23.6 Å². The van der Waals surface area contributed by atoms with E-state index < -0.39 is 12.1 Å². The van der Waals surface area contributed by atoms with Gasteiger partial charge in [0.05, 0.1) is 12.0 Å². The van der Waals surface area contributed by atoms with E-state index in [4.69, 9.17) is 16.3 Å². The van der Waals surface area contributed by atoms with Gasteiger partial charge in [0.15, 0.2) is 6.20 Å². The summed E-state index contributed by atoms with van der Waals surface area (Å²) >= 11 is 6.46. The third-order valence-corrected chi connectivity index (χ3v) is 10.8. The van der Waals surface area contributed by atoms with Gasteiger partial charge in [0, 0.05) is 62.1 Å². The van der Waals surface area contributed by atoms with E-state index >= 15 is 0 Å². The number of amides is 2. The number of carbonyl (C=O) groups excluding carboxylic acids is 2. The third-order valence-electron chi connectivity index (χ3n) is 10.6. The van der Waals surface area contributed by atoms with Gasteiger partial charge in [-0.2, -0.15) is 4.73 Å². The van der Waals surface area contributed by atoms with Crippen LogP contribution in [0.5, 0.6) is 0 Å². The summed E-state index contributed by atoms with van der Waals surface area (Å²) in [5, 5.41) is 14.2.